The Bertz CT molecular complexity index is 507. The van der Waals surface area contributed by atoms with E-state index in [1.807, 2.05) is 24.3 Å². The van der Waals surface area contributed by atoms with Crippen LogP contribution in [0.5, 0.6) is 5.75 Å². The number of rotatable bonds is 13. The van der Waals surface area contributed by atoms with Crippen LogP contribution in [0, 0.1) is 12.3 Å². The fourth-order valence-electron chi connectivity index (χ4n) is 1.56. The van der Waals surface area contributed by atoms with Crippen LogP contribution in [0.4, 0.5) is 0 Å². The smallest absolute Gasteiger partial charge is 0.119 e. The Balaban J connectivity index is 1.86. The molecule has 1 aromatic carbocycles. The van der Waals surface area contributed by atoms with Gasteiger partial charge in [0.25, 0.3) is 0 Å². The van der Waals surface area contributed by atoms with Crippen molar-refractivity contribution in [2.24, 2.45) is 5.11 Å². The molecular weight excluding hydrogens is 298 g/mol. The second kappa shape index (κ2) is 13.4. The lowest BCUT2D eigenvalue weighted by molar-refractivity contribution is 0.0106. The molecule has 1 rings (SSSR count). The molecule has 0 unspecified atom stereocenters. The molecule has 0 fully saturated rings. The average molecular weight is 319 g/mol. The second-order valence-corrected chi connectivity index (χ2v) is 4.31. The van der Waals surface area contributed by atoms with Gasteiger partial charge in [-0.15, -0.1) is 6.42 Å². The molecule has 0 aliphatic carbocycles. The molecule has 0 heterocycles. The minimum absolute atomic E-state index is 0.338. The van der Waals surface area contributed by atoms with Crippen molar-refractivity contribution in [3.8, 4) is 18.1 Å². The Hall–Kier alpha value is -2.23. The molecule has 0 aromatic heterocycles. The van der Waals surface area contributed by atoms with Crippen molar-refractivity contribution < 1.29 is 18.9 Å². The van der Waals surface area contributed by atoms with Crippen LogP contribution < -0.4 is 4.74 Å². The summed E-state index contributed by atoms with van der Waals surface area (Å²) in [7, 11) is 0. The van der Waals surface area contributed by atoms with Gasteiger partial charge in [-0.25, -0.2) is 0 Å². The van der Waals surface area contributed by atoms with E-state index < -0.39 is 0 Å². The first-order valence-corrected chi connectivity index (χ1v) is 7.30. The zero-order valence-electron chi connectivity index (χ0n) is 13.0. The summed E-state index contributed by atoms with van der Waals surface area (Å²) in [4.78, 5) is 2.62. The molecule has 0 atom stereocenters. The molecule has 1 aromatic rings. The van der Waals surface area contributed by atoms with Crippen molar-refractivity contribution in [2.45, 2.75) is 0 Å². The molecule has 0 radical (unpaired) electrons. The summed E-state index contributed by atoms with van der Waals surface area (Å²) in [6, 6.07) is 7.33. The van der Waals surface area contributed by atoms with Crippen LogP contribution in [0.1, 0.15) is 5.56 Å². The third kappa shape index (κ3) is 10.2. The number of nitrogens with zero attached hydrogens (tertiary/aromatic N) is 3. The van der Waals surface area contributed by atoms with Gasteiger partial charge in [0.2, 0.25) is 0 Å². The van der Waals surface area contributed by atoms with Gasteiger partial charge in [-0.2, -0.15) is 0 Å². The van der Waals surface area contributed by atoms with Crippen LogP contribution in [0.25, 0.3) is 10.4 Å². The van der Waals surface area contributed by atoms with Crippen LogP contribution in [0.3, 0.4) is 0 Å². The van der Waals surface area contributed by atoms with E-state index in [-0.39, 0.29) is 0 Å². The standard InChI is InChI=1S/C16H21N3O4/c1-2-15-3-5-16(6-4-15)23-14-13-22-12-11-21-10-9-20-8-7-18-19-17/h1,3-6H,7-14H2. The quantitative estimate of drug-likeness (QED) is 0.184. The molecule has 0 aliphatic heterocycles. The summed E-state index contributed by atoms with van der Waals surface area (Å²) < 4.78 is 21.4. The minimum atomic E-state index is 0.338. The Labute approximate surface area is 136 Å². The van der Waals surface area contributed by atoms with Gasteiger partial charge < -0.3 is 18.9 Å². The monoisotopic (exact) mass is 319 g/mol. The van der Waals surface area contributed by atoms with E-state index in [9.17, 15) is 0 Å². The summed E-state index contributed by atoms with van der Waals surface area (Å²) in [5.74, 6) is 3.32. The van der Waals surface area contributed by atoms with Crippen molar-refractivity contribution in [3.63, 3.8) is 0 Å². The summed E-state index contributed by atoms with van der Waals surface area (Å²) >= 11 is 0. The zero-order valence-corrected chi connectivity index (χ0v) is 13.0. The minimum Gasteiger partial charge on any atom is -0.491 e. The Kier molecular flexibility index (Phi) is 11.0. The Morgan fingerprint density at radius 2 is 1.48 bits per heavy atom. The van der Waals surface area contributed by atoms with Crippen molar-refractivity contribution in [3.05, 3.63) is 40.3 Å². The van der Waals surface area contributed by atoms with E-state index in [0.29, 0.717) is 52.8 Å². The summed E-state index contributed by atoms with van der Waals surface area (Å²) in [6.45, 7) is 3.65. The van der Waals surface area contributed by atoms with Crippen molar-refractivity contribution in [2.75, 3.05) is 52.8 Å². The first-order chi connectivity index (χ1) is 11.4. The van der Waals surface area contributed by atoms with Crippen molar-refractivity contribution in [1.82, 2.24) is 0 Å². The molecule has 7 nitrogen and oxygen atoms in total. The maximum atomic E-state index is 8.06. The predicted octanol–water partition coefficient (Wildman–Crippen LogP) is 2.41. The Morgan fingerprint density at radius 3 is 2.04 bits per heavy atom. The molecule has 0 spiro atoms. The van der Waals surface area contributed by atoms with E-state index >= 15 is 0 Å². The molecule has 124 valence electrons. The highest BCUT2D eigenvalue weighted by atomic mass is 16.6. The molecule has 0 saturated heterocycles. The van der Waals surface area contributed by atoms with Gasteiger partial charge in [-0.3, -0.25) is 0 Å². The van der Waals surface area contributed by atoms with Crippen LogP contribution in [-0.2, 0) is 14.2 Å². The van der Waals surface area contributed by atoms with Gasteiger partial charge in [0.05, 0.1) is 39.6 Å². The number of terminal acetylenes is 1. The van der Waals surface area contributed by atoms with E-state index in [1.54, 1.807) is 0 Å². The average Bonchev–Trinajstić information content (AvgIpc) is 2.59. The Morgan fingerprint density at radius 1 is 0.913 bits per heavy atom. The molecule has 0 saturated carbocycles. The van der Waals surface area contributed by atoms with Gasteiger partial charge in [-0.05, 0) is 29.8 Å². The van der Waals surface area contributed by atoms with E-state index in [4.69, 9.17) is 30.9 Å². The second-order valence-electron chi connectivity index (χ2n) is 4.31. The van der Waals surface area contributed by atoms with Gasteiger partial charge in [0, 0.05) is 17.0 Å². The van der Waals surface area contributed by atoms with Gasteiger partial charge in [0.1, 0.15) is 12.4 Å². The lowest BCUT2D eigenvalue weighted by atomic mass is 10.2. The third-order valence-corrected chi connectivity index (χ3v) is 2.66. The summed E-state index contributed by atoms with van der Waals surface area (Å²) in [5, 5.41) is 3.35. The predicted molar refractivity (Wildman–Crippen MR) is 86.3 cm³/mol. The molecule has 23 heavy (non-hydrogen) atoms. The van der Waals surface area contributed by atoms with Crippen molar-refractivity contribution in [1.29, 1.82) is 0 Å². The maximum absolute atomic E-state index is 8.06. The fourth-order valence-corrected chi connectivity index (χ4v) is 1.56. The third-order valence-electron chi connectivity index (χ3n) is 2.66. The maximum Gasteiger partial charge on any atom is 0.119 e. The highest BCUT2D eigenvalue weighted by molar-refractivity contribution is 5.36. The van der Waals surface area contributed by atoms with Crippen LogP contribution in [-0.4, -0.2) is 52.8 Å². The fraction of sp³-hybridized carbons (Fsp3) is 0.500. The van der Waals surface area contributed by atoms with Gasteiger partial charge >= 0.3 is 0 Å². The number of benzene rings is 1. The number of hydrogen-bond acceptors (Lipinski definition) is 5. The molecular formula is C16H21N3O4. The summed E-state index contributed by atoms with van der Waals surface area (Å²) in [6.07, 6.45) is 5.28. The first-order valence-electron chi connectivity index (χ1n) is 7.30. The van der Waals surface area contributed by atoms with E-state index in [0.717, 1.165) is 11.3 Å². The first kappa shape index (κ1) is 18.8. The largest absolute Gasteiger partial charge is 0.491 e. The topological polar surface area (TPSA) is 85.7 Å². The highest BCUT2D eigenvalue weighted by Gasteiger charge is 1.95. The van der Waals surface area contributed by atoms with Crippen LogP contribution in [0.2, 0.25) is 0 Å². The molecule has 0 N–H and O–H groups in total. The SMILES string of the molecule is C#Cc1ccc(OCCOCCOCCOCCN=[N+]=[N-])cc1. The number of ether oxygens (including phenoxy) is 4. The van der Waals surface area contributed by atoms with E-state index in [2.05, 4.69) is 15.9 Å². The molecule has 0 bridgehead atoms. The normalized spacial score (nSPS) is 9.87. The van der Waals surface area contributed by atoms with E-state index in [1.165, 1.54) is 0 Å². The number of azide groups is 1. The van der Waals surface area contributed by atoms with Crippen molar-refractivity contribution >= 4 is 0 Å². The molecule has 0 amide bonds. The summed E-state index contributed by atoms with van der Waals surface area (Å²) in [5.41, 5.74) is 8.89. The lowest BCUT2D eigenvalue weighted by Gasteiger charge is -2.08. The zero-order chi connectivity index (χ0) is 16.6. The van der Waals surface area contributed by atoms with Crippen LogP contribution >= 0.6 is 0 Å². The lowest BCUT2D eigenvalue weighted by Crippen LogP contribution is -2.13. The highest BCUT2D eigenvalue weighted by Crippen LogP contribution is 2.11. The molecule has 7 heteroatoms. The number of hydrogen-bond donors (Lipinski definition) is 0. The van der Waals surface area contributed by atoms with Gasteiger partial charge in [-0.1, -0.05) is 11.0 Å². The van der Waals surface area contributed by atoms with Gasteiger partial charge in [0.15, 0.2) is 0 Å². The van der Waals surface area contributed by atoms with Crippen LogP contribution in [0.15, 0.2) is 29.4 Å². The molecule has 0 aliphatic rings.